The number of aliphatic carboxylic acids is 1. The van der Waals surface area contributed by atoms with Gasteiger partial charge >= 0.3 is 5.97 Å². The van der Waals surface area contributed by atoms with Crippen LogP contribution in [0.4, 0.5) is 8.78 Å². The van der Waals surface area contributed by atoms with Gasteiger partial charge in [-0.05, 0) is 83.4 Å². The molecule has 272 valence electrons. The predicted octanol–water partition coefficient (Wildman–Crippen LogP) is 6.24. The van der Waals surface area contributed by atoms with Gasteiger partial charge in [0, 0.05) is 41.5 Å². The highest BCUT2D eigenvalue weighted by molar-refractivity contribution is 7.90. The molecule has 6 rings (SSSR count). The van der Waals surface area contributed by atoms with E-state index in [1.54, 1.807) is 69.3 Å². The number of amides is 1. The molecule has 3 aromatic heterocycles. The van der Waals surface area contributed by atoms with Crippen molar-refractivity contribution in [1.29, 1.82) is 0 Å². The van der Waals surface area contributed by atoms with Crippen molar-refractivity contribution in [2.75, 3.05) is 0 Å². The molecule has 1 unspecified atom stereocenters. The lowest BCUT2D eigenvalue weighted by atomic mass is 9.89. The molecule has 14 heteroatoms. The maximum atomic E-state index is 13.8. The molecule has 0 fully saturated rings. The van der Waals surface area contributed by atoms with E-state index < -0.39 is 50.6 Å². The Kier molecular flexibility index (Phi) is 10.00. The number of rotatable bonds is 11. The number of carbonyl (C=O) groups excluding carboxylic acids is 1. The fourth-order valence-electron chi connectivity index (χ4n) is 5.82. The number of halogens is 2. The van der Waals surface area contributed by atoms with Gasteiger partial charge in [0.1, 0.15) is 11.3 Å². The second-order valence-corrected chi connectivity index (χ2v) is 15.2. The van der Waals surface area contributed by atoms with Crippen LogP contribution in [0.25, 0.3) is 22.2 Å². The Morgan fingerprint density at radius 3 is 2.38 bits per heavy atom. The van der Waals surface area contributed by atoms with Gasteiger partial charge in [0.25, 0.3) is 21.5 Å². The third-order valence-corrected chi connectivity index (χ3v) is 10.1. The Labute approximate surface area is 303 Å². The molecule has 1 amide bonds. The Morgan fingerprint density at radius 2 is 1.68 bits per heavy atom. The minimum Gasteiger partial charge on any atom is -0.478 e. The minimum atomic E-state index is -4.09. The Hall–Kier alpha value is -6.15. The van der Waals surface area contributed by atoms with Crippen LogP contribution in [0.2, 0.25) is 0 Å². The lowest BCUT2D eigenvalue weighted by Crippen LogP contribution is -2.39. The van der Waals surface area contributed by atoms with E-state index in [-0.39, 0.29) is 34.9 Å². The average molecular weight is 741 g/mol. The molecule has 0 spiro atoms. The van der Waals surface area contributed by atoms with Crippen LogP contribution in [-0.2, 0) is 27.9 Å². The van der Waals surface area contributed by atoms with Crippen LogP contribution < -0.4 is 15.6 Å². The normalized spacial score (nSPS) is 12.4. The van der Waals surface area contributed by atoms with Gasteiger partial charge in [-0.2, -0.15) is 0 Å². The highest BCUT2D eigenvalue weighted by Gasteiger charge is 2.34. The van der Waals surface area contributed by atoms with E-state index in [0.717, 1.165) is 16.1 Å². The first-order chi connectivity index (χ1) is 25.1. The summed E-state index contributed by atoms with van der Waals surface area (Å²) in [6.07, 6.45) is 3.04. The summed E-state index contributed by atoms with van der Waals surface area (Å²) in [5.41, 5.74) is 0.105. The van der Waals surface area contributed by atoms with Crippen molar-refractivity contribution in [3.63, 3.8) is 0 Å². The second kappa shape index (κ2) is 14.5. The highest BCUT2D eigenvalue weighted by atomic mass is 32.2. The number of pyridine rings is 2. The van der Waals surface area contributed by atoms with Crippen LogP contribution in [0.3, 0.4) is 0 Å². The predicted molar refractivity (Wildman–Crippen MR) is 193 cm³/mol. The molecule has 2 N–H and O–H groups in total. The topological polar surface area (TPSA) is 150 Å². The van der Waals surface area contributed by atoms with Crippen LogP contribution in [0.5, 0.6) is 5.75 Å². The molecule has 0 bridgehead atoms. The van der Waals surface area contributed by atoms with Crippen molar-refractivity contribution >= 4 is 32.9 Å². The number of hydrogen-bond acceptors (Lipinski definition) is 7. The first-order valence-corrected chi connectivity index (χ1v) is 17.8. The third-order valence-electron chi connectivity index (χ3n) is 8.43. The molecule has 0 aliphatic carbocycles. The number of fused-ring (bicyclic) bond motifs is 1. The molecule has 6 aromatic rings. The number of carboxylic acids is 1. The van der Waals surface area contributed by atoms with Crippen molar-refractivity contribution in [3.8, 4) is 16.9 Å². The van der Waals surface area contributed by atoms with Gasteiger partial charge in [0.15, 0.2) is 23.4 Å². The van der Waals surface area contributed by atoms with Gasteiger partial charge in [-0.1, -0.05) is 45.0 Å². The van der Waals surface area contributed by atoms with E-state index in [1.165, 1.54) is 53.5 Å². The lowest BCUT2D eigenvalue weighted by Gasteiger charge is -2.28. The number of aromatic nitrogens is 3. The number of nitrogens with one attached hydrogen (secondary N) is 1. The summed E-state index contributed by atoms with van der Waals surface area (Å²) < 4.78 is 63.1. The zero-order valence-corrected chi connectivity index (χ0v) is 29.6. The van der Waals surface area contributed by atoms with Crippen LogP contribution in [0, 0.1) is 17.0 Å². The van der Waals surface area contributed by atoms with Crippen molar-refractivity contribution < 1.29 is 36.6 Å². The monoisotopic (exact) mass is 740 g/mol. The van der Waals surface area contributed by atoms with Crippen molar-refractivity contribution in [3.05, 3.63) is 148 Å². The van der Waals surface area contributed by atoms with E-state index in [1.807, 2.05) is 0 Å². The first kappa shape index (κ1) is 36.6. The number of nitrogens with zero attached hydrogens (tertiary/aromatic N) is 3. The Bertz CT molecular complexity index is 2530. The van der Waals surface area contributed by atoms with E-state index >= 15 is 0 Å². The summed E-state index contributed by atoms with van der Waals surface area (Å²) in [5.74, 6) is -3.88. The van der Waals surface area contributed by atoms with E-state index in [0.29, 0.717) is 27.6 Å². The Balaban J connectivity index is 1.38. The fourth-order valence-corrected chi connectivity index (χ4v) is 7.16. The maximum Gasteiger partial charge on any atom is 0.345 e. The van der Waals surface area contributed by atoms with Crippen molar-refractivity contribution in [1.82, 2.24) is 18.8 Å². The Morgan fingerprint density at radius 1 is 0.925 bits per heavy atom. The molecule has 0 aliphatic rings. The number of ether oxygens (including phenoxy) is 1. The van der Waals surface area contributed by atoms with Gasteiger partial charge in [0.2, 0.25) is 0 Å². The molecular weight excluding hydrogens is 707 g/mol. The summed E-state index contributed by atoms with van der Waals surface area (Å²) in [6.45, 7) is 4.88. The zero-order valence-electron chi connectivity index (χ0n) is 28.8. The van der Waals surface area contributed by atoms with Crippen LogP contribution in [0.1, 0.15) is 42.3 Å². The van der Waals surface area contributed by atoms with Crippen LogP contribution in [0.15, 0.2) is 119 Å². The lowest BCUT2D eigenvalue weighted by molar-refractivity contribution is -0.150. The summed E-state index contributed by atoms with van der Waals surface area (Å²) in [5, 5.41) is 13.2. The van der Waals surface area contributed by atoms with Gasteiger partial charge in [-0.25, -0.2) is 30.9 Å². The largest absolute Gasteiger partial charge is 0.478 e. The van der Waals surface area contributed by atoms with Crippen LogP contribution in [-0.4, -0.2) is 45.0 Å². The first-order valence-electron chi connectivity index (χ1n) is 16.4. The smallest absolute Gasteiger partial charge is 0.345 e. The standard InChI is InChI=1S/C39H34F2N4O7S/c1-39(2,3)34(38(48)49)52-27-18-25(21-43-36(46)30-12-8-16-44(37(30)47)22-24-13-14-32(40)33(41)19-24)17-26(20-27)31-23-45(35-29(31)11-7-15-42-35)53(50,51)28-9-5-4-6-10-28/h4-20,23,34H,21-22H2,1-3H3,(H,43,46)(H,48,49). The summed E-state index contributed by atoms with van der Waals surface area (Å²) >= 11 is 0. The van der Waals surface area contributed by atoms with Gasteiger partial charge in [-0.15, -0.1) is 0 Å². The third kappa shape index (κ3) is 7.72. The number of carbonyl (C=O) groups is 2. The number of benzene rings is 3. The van der Waals surface area contributed by atoms with Gasteiger partial charge in [0.05, 0.1) is 11.4 Å². The average Bonchev–Trinajstić information content (AvgIpc) is 3.52. The summed E-state index contributed by atoms with van der Waals surface area (Å²) in [4.78, 5) is 43.3. The molecular formula is C39H34F2N4O7S. The van der Waals surface area contributed by atoms with Gasteiger partial charge in [-0.3, -0.25) is 9.59 Å². The minimum absolute atomic E-state index is 0.0499. The SMILES string of the molecule is CC(C)(C)C(Oc1cc(CNC(=O)c2cccn(Cc3ccc(F)c(F)c3)c2=O)cc(-c2cn(S(=O)(=O)c3ccccc3)c3ncccc23)c1)C(=O)O. The van der Waals surface area contributed by atoms with Gasteiger partial charge < -0.3 is 19.7 Å². The van der Waals surface area contributed by atoms with Crippen molar-refractivity contribution in [2.24, 2.45) is 5.41 Å². The van der Waals surface area contributed by atoms with E-state index in [4.69, 9.17) is 4.74 Å². The zero-order chi connectivity index (χ0) is 38.1. The van der Waals surface area contributed by atoms with E-state index in [9.17, 15) is 36.7 Å². The fraction of sp³-hybridized carbons (Fsp3) is 0.179. The second-order valence-electron chi connectivity index (χ2n) is 13.4. The molecule has 11 nitrogen and oxygen atoms in total. The quantitative estimate of drug-likeness (QED) is 0.159. The van der Waals surface area contributed by atoms with E-state index in [2.05, 4.69) is 10.3 Å². The number of hydrogen-bond donors (Lipinski definition) is 2. The van der Waals surface area contributed by atoms with Crippen LogP contribution >= 0.6 is 0 Å². The molecule has 0 aliphatic heterocycles. The molecule has 3 aromatic carbocycles. The number of carboxylic acid groups (broad SMARTS) is 1. The molecule has 3 heterocycles. The molecule has 53 heavy (non-hydrogen) atoms. The maximum absolute atomic E-state index is 13.8. The molecule has 0 radical (unpaired) electrons. The summed E-state index contributed by atoms with van der Waals surface area (Å²) in [6, 6.07) is 22.1. The molecule has 0 saturated carbocycles. The molecule has 0 saturated heterocycles. The summed E-state index contributed by atoms with van der Waals surface area (Å²) in [7, 11) is -4.09. The van der Waals surface area contributed by atoms with Crippen molar-refractivity contribution in [2.45, 2.75) is 44.9 Å². The molecule has 1 atom stereocenters. The highest BCUT2D eigenvalue weighted by Crippen LogP contribution is 2.36.